The third kappa shape index (κ3) is 4.64. The van der Waals surface area contributed by atoms with Crippen molar-refractivity contribution in [3.8, 4) is 0 Å². The number of ether oxygens (including phenoxy) is 1. The summed E-state index contributed by atoms with van der Waals surface area (Å²) in [6.07, 6.45) is 3.47. The molecule has 1 fully saturated rings. The van der Waals surface area contributed by atoms with E-state index in [9.17, 15) is 9.59 Å². The van der Waals surface area contributed by atoms with Gasteiger partial charge in [0.2, 0.25) is 11.8 Å². The van der Waals surface area contributed by atoms with Gasteiger partial charge in [0.15, 0.2) is 0 Å². The van der Waals surface area contributed by atoms with Crippen LogP contribution in [0.25, 0.3) is 0 Å². The molecule has 0 bridgehead atoms. The number of hydrogen-bond acceptors (Lipinski definition) is 5. The first-order chi connectivity index (χ1) is 14.1. The second-order valence-corrected chi connectivity index (χ2v) is 7.72. The average molecular weight is 397 g/mol. The number of nitrogens with one attached hydrogen (secondary N) is 1. The Kier molecular flexibility index (Phi) is 5.89. The molecule has 8 nitrogen and oxygen atoms in total. The van der Waals surface area contributed by atoms with Gasteiger partial charge in [0.1, 0.15) is 18.3 Å². The highest BCUT2D eigenvalue weighted by atomic mass is 16.5. The maximum Gasteiger partial charge on any atom is 0.250 e. The highest BCUT2D eigenvalue weighted by Crippen LogP contribution is 2.30. The van der Waals surface area contributed by atoms with Gasteiger partial charge in [-0.25, -0.2) is 0 Å². The van der Waals surface area contributed by atoms with Crippen LogP contribution in [0.3, 0.4) is 0 Å². The van der Waals surface area contributed by atoms with E-state index in [1.807, 2.05) is 25.1 Å². The second-order valence-electron chi connectivity index (χ2n) is 7.72. The minimum atomic E-state index is -0.185. The van der Waals surface area contributed by atoms with Gasteiger partial charge >= 0.3 is 0 Å². The Morgan fingerprint density at radius 3 is 3.03 bits per heavy atom. The highest BCUT2D eigenvalue weighted by molar-refractivity contribution is 5.91. The summed E-state index contributed by atoms with van der Waals surface area (Å²) in [7, 11) is 0. The Bertz CT molecular complexity index is 894. The average Bonchev–Trinajstić information content (AvgIpc) is 3.30. The van der Waals surface area contributed by atoms with Gasteiger partial charge in [-0.3, -0.25) is 9.59 Å². The van der Waals surface area contributed by atoms with Crippen molar-refractivity contribution >= 4 is 17.5 Å². The van der Waals surface area contributed by atoms with E-state index in [1.165, 1.54) is 5.56 Å². The summed E-state index contributed by atoms with van der Waals surface area (Å²) in [5.41, 5.74) is 1.98. The first-order valence-electron chi connectivity index (χ1n) is 10.2. The fourth-order valence-corrected chi connectivity index (χ4v) is 4.08. The van der Waals surface area contributed by atoms with Gasteiger partial charge in [-0.15, -0.1) is 10.2 Å². The number of rotatable bonds is 7. The number of carbonyl (C=O) groups is 2. The summed E-state index contributed by atoms with van der Waals surface area (Å²) < 4.78 is 7.62. The zero-order valence-electron chi connectivity index (χ0n) is 16.8. The molecular formula is C21H27N5O3. The lowest BCUT2D eigenvalue weighted by atomic mass is 9.91. The number of benzene rings is 1. The molecule has 8 heteroatoms. The molecule has 1 saturated heterocycles. The van der Waals surface area contributed by atoms with E-state index in [1.54, 1.807) is 4.90 Å². The molecule has 2 aliphatic heterocycles. The topological polar surface area (TPSA) is 89.3 Å². The summed E-state index contributed by atoms with van der Waals surface area (Å²) in [6.45, 7) is 4.55. The molecule has 1 atom stereocenters. The third-order valence-corrected chi connectivity index (χ3v) is 5.68. The lowest BCUT2D eigenvalue weighted by molar-refractivity contribution is -0.128. The lowest BCUT2D eigenvalue weighted by Gasteiger charge is -2.24. The van der Waals surface area contributed by atoms with Gasteiger partial charge in [-0.2, -0.15) is 0 Å². The molecular weight excluding hydrogens is 370 g/mol. The van der Waals surface area contributed by atoms with Gasteiger partial charge in [-0.05, 0) is 37.5 Å². The van der Waals surface area contributed by atoms with Crippen LogP contribution in [0, 0.1) is 6.92 Å². The molecule has 1 aromatic heterocycles. The van der Waals surface area contributed by atoms with Crippen LogP contribution in [-0.4, -0.2) is 57.8 Å². The van der Waals surface area contributed by atoms with Crippen molar-refractivity contribution in [3.63, 3.8) is 0 Å². The van der Waals surface area contributed by atoms with Crippen molar-refractivity contribution in [1.29, 1.82) is 0 Å². The summed E-state index contributed by atoms with van der Waals surface area (Å²) in [5.74, 6) is 2.36. The Balaban J connectivity index is 1.27. The van der Waals surface area contributed by atoms with E-state index >= 15 is 0 Å². The molecule has 1 aromatic carbocycles. The van der Waals surface area contributed by atoms with E-state index in [2.05, 4.69) is 26.1 Å². The molecule has 2 aliphatic rings. The summed E-state index contributed by atoms with van der Waals surface area (Å²) in [4.78, 5) is 25.5. The number of hydrogen-bond donors (Lipinski definition) is 1. The van der Waals surface area contributed by atoms with Crippen LogP contribution in [0.4, 0.5) is 5.69 Å². The van der Waals surface area contributed by atoms with Crippen LogP contribution in [0.1, 0.15) is 42.4 Å². The van der Waals surface area contributed by atoms with Crippen molar-refractivity contribution in [3.05, 3.63) is 41.5 Å². The molecule has 29 heavy (non-hydrogen) atoms. The van der Waals surface area contributed by atoms with E-state index in [4.69, 9.17) is 4.74 Å². The fraction of sp³-hybridized carbons (Fsp3) is 0.524. The third-order valence-electron chi connectivity index (χ3n) is 5.68. The number of aryl methyl sites for hydroxylation is 2. The first kappa shape index (κ1) is 19.6. The predicted molar refractivity (Wildman–Crippen MR) is 108 cm³/mol. The molecule has 0 spiro atoms. The number of aromatic nitrogens is 3. The van der Waals surface area contributed by atoms with Crippen molar-refractivity contribution in [2.45, 2.75) is 45.1 Å². The SMILES string of the molecule is Cc1nnc2n1CC(c1cccc(NC(=O)COCCN3CCCC3=O)c1)CC2. The quantitative estimate of drug-likeness (QED) is 0.721. The van der Waals surface area contributed by atoms with Gasteiger partial charge in [0.25, 0.3) is 0 Å². The highest BCUT2D eigenvalue weighted by Gasteiger charge is 2.23. The Labute approximate surface area is 170 Å². The van der Waals surface area contributed by atoms with E-state index in [0.29, 0.717) is 25.5 Å². The van der Waals surface area contributed by atoms with Crippen LogP contribution in [0.15, 0.2) is 24.3 Å². The molecule has 2 aromatic rings. The first-order valence-corrected chi connectivity index (χ1v) is 10.2. The normalized spacial score (nSPS) is 18.7. The van der Waals surface area contributed by atoms with Gasteiger partial charge in [0.05, 0.1) is 6.61 Å². The fourth-order valence-electron chi connectivity index (χ4n) is 4.08. The number of fused-ring (bicyclic) bond motifs is 1. The lowest BCUT2D eigenvalue weighted by Crippen LogP contribution is -2.29. The smallest absolute Gasteiger partial charge is 0.250 e. The molecule has 3 heterocycles. The zero-order valence-corrected chi connectivity index (χ0v) is 16.8. The van der Waals surface area contributed by atoms with Crippen LogP contribution in [0.2, 0.25) is 0 Å². The number of likely N-dealkylation sites (tertiary alicyclic amines) is 1. The van der Waals surface area contributed by atoms with Crippen molar-refractivity contribution in [2.75, 3.05) is 31.6 Å². The Morgan fingerprint density at radius 2 is 2.21 bits per heavy atom. The van der Waals surface area contributed by atoms with E-state index < -0.39 is 0 Å². The van der Waals surface area contributed by atoms with Crippen LogP contribution in [-0.2, 0) is 27.3 Å². The second kappa shape index (κ2) is 8.73. The van der Waals surface area contributed by atoms with Gasteiger partial charge in [-0.1, -0.05) is 12.1 Å². The molecule has 2 amide bonds. The molecule has 154 valence electrons. The van der Waals surface area contributed by atoms with E-state index in [0.717, 1.165) is 49.7 Å². The van der Waals surface area contributed by atoms with Gasteiger partial charge in [0, 0.05) is 44.1 Å². The van der Waals surface area contributed by atoms with Crippen LogP contribution >= 0.6 is 0 Å². The van der Waals surface area contributed by atoms with E-state index in [-0.39, 0.29) is 18.4 Å². The van der Waals surface area contributed by atoms with Crippen molar-refractivity contribution in [1.82, 2.24) is 19.7 Å². The van der Waals surface area contributed by atoms with Crippen LogP contribution in [0.5, 0.6) is 0 Å². The minimum absolute atomic E-state index is 0.0149. The maximum atomic E-state index is 12.2. The molecule has 4 rings (SSSR count). The Hall–Kier alpha value is -2.74. The largest absolute Gasteiger partial charge is 0.370 e. The standard InChI is InChI=1S/C21H27N5O3/c1-15-23-24-19-8-7-17(13-26(15)19)16-4-2-5-18(12-16)22-20(27)14-29-11-10-25-9-3-6-21(25)28/h2,4-5,12,17H,3,6-11,13-14H2,1H3,(H,22,27). The molecule has 1 N–H and O–H groups in total. The number of anilines is 1. The van der Waals surface area contributed by atoms with Crippen molar-refractivity contribution < 1.29 is 14.3 Å². The summed E-state index contributed by atoms with van der Waals surface area (Å²) in [5, 5.41) is 11.3. The molecule has 0 saturated carbocycles. The van der Waals surface area contributed by atoms with Crippen LogP contribution < -0.4 is 5.32 Å². The van der Waals surface area contributed by atoms with Crippen molar-refractivity contribution in [2.24, 2.45) is 0 Å². The zero-order chi connectivity index (χ0) is 20.2. The number of carbonyl (C=O) groups excluding carboxylic acids is 2. The molecule has 1 unspecified atom stereocenters. The number of nitrogens with zero attached hydrogens (tertiary/aromatic N) is 4. The molecule has 0 aliphatic carbocycles. The minimum Gasteiger partial charge on any atom is -0.370 e. The predicted octanol–water partition coefficient (Wildman–Crippen LogP) is 1.89. The van der Waals surface area contributed by atoms with Gasteiger partial charge < -0.3 is 19.5 Å². The summed E-state index contributed by atoms with van der Waals surface area (Å²) in [6, 6.07) is 8.01. The maximum absolute atomic E-state index is 12.2. The summed E-state index contributed by atoms with van der Waals surface area (Å²) >= 11 is 0. The molecule has 0 radical (unpaired) electrons. The number of amides is 2. The Morgan fingerprint density at radius 1 is 1.31 bits per heavy atom. The monoisotopic (exact) mass is 397 g/mol.